The zero-order valence-electron chi connectivity index (χ0n) is 14.2. The van der Waals surface area contributed by atoms with Gasteiger partial charge in [0.1, 0.15) is 6.04 Å². The summed E-state index contributed by atoms with van der Waals surface area (Å²) in [5.41, 5.74) is 0. The van der Waals surface area contributed by atoms with Crippen molar-refractivity contribution in [1.29, 1.82) is 0 Å². The summed E-state index contributed by atoms with van der Waals surface area (Å²) in [7, 11) is 0. The Balaban J connectivity index is 1.46. The molecule has 0 aromatic carbocycles. The molecule has 6 nitrogen and oxygen atoms in total. The number of nitrogens with zero attached hydrogens (tertiary/aromatic N) is 2. The van der Waals surface area contributed by atoms with Crippen LogP contribution in [0.5, 0.6) is 0 Å². The van der Waals surface area contributed by atoms with E-state index in [1.807, 2.05) is 11.8 Å². The Morgan fingerprint density at radius 1 is 1.09 bits per heavy atom. The third-order valence-corrected chi connectivity index (χ3v) is 5.60. The Bertz CT molecular complexity index is 430. The average Bonchev–Trinajstić information content (AvgIpc) is 3.26. The fourth-order valence-electron chi connectivity index (χ4n) is 4.14. The topological polar surface area (TPSA) is 64.7 Å². The molecule has 2 N–H and O–H groups in total. The van der Waals surface area contributed by atoms with E-state index in [0.717, 1.165) is 71.4 Å². The van der Waals surface area contributed by atoms with Gasteiger partial charge in [0.25, 0.3) is 0 Å². The van der Waals surface area contributed by atoms with Crippen LogP contribution in [-0.4, -0.2) is 73.0 Å². The number of likely N-dealkylation sites (tertiary alicyclic amines) is 1. The first-order valence-corrected chi connectivity index (χ1v) is 9.19. The van der Waals surface area contributed by atoms with E-state index in [-0.39, 0.29) is 17.7 Å². The highest BCUT2D eigenvalue weighted by molar-refractivity contribution is 5.88. The highest BCUT2D eigenvalue weighted by Crippen LogP contribution is 2.25. The third kappa shape index (κ3) is 4.04. The fourth-order valence-corrected chi connectivity index (χ4v) is 4.14. The lowest BCUT2D eigenvalue weighted by Gasteiger charge is -2.32. The van der Waals surface area contributed by atoms with Crippen LogP contribution in [0.3, 0.4) is 0 Å². The summed E-state index contributed by atoms with van der Waals surface area (Å²) in [5, 5.41) is 6.31. The predicted molar refractivity (Wildman–Crippen MR) is 89.0 cm³/mol. The maximum atomic E-state index is 12.6. The van der Waals surface area contributed by atoms with Crippen LogP contribution in [-0.2, 0) is 9.59 Å². The van der Waals surface area contributed by atoms with E-state index >= 15 is 0 Å². The Hall–Kier alpha value is -1.14. The minimum absolute atomic E-state index is 0.0706. The van der Waals surface area contributed by atoms with Crippen LogP contribution in [0.1, 0.15) is 39.0 Å². The highest BCUT2D eigenvalue weighted by Gasteiger charge is 2.33. The van der Waals surface area contributed by atoms with Crippen molar-refractivity contribution in [3.63, 3.8) is 0 Å². The number of carbonyl (C=O) groups excluding carboxylic acids is 2. The Kier molecular flexibility index (Phi) is 5.54. The Morgan fingerprint density at radius 2 is 1.78 bits per heavy atom. The van der Waals surface area contributed by atoms with Crippen molar-refractivity contribution in [2.75, 3.05) is 39.3 Å². The molecular formula is C17H30N4O2. The number of piperazine rings is 1. The van der Waals surface area contributed by atoms with Gasteiger partial charge in [-0.05, 0) is 26.2 Å². The molecule has 0 aromatic heterocycles. The zero-order chi connectivity index (χ0) is 16.2. The zero-order valence-corrected chi connectivity index (χ0v) is 14.2. The SMILES string of the molecule is CC(NC(=O)C1CCCC1)C(=O)N1CCC(N2CCNCC2)C1. The molecule has 0 radical (unpaired) electrons. The van der Waals surface area contributed by atoms with Gasteiger partial charge in [-0.25, -0.2) is 0 Å². The van der Waals surface area contributed by atoms with Crippen molar-refractivity contribution in [3.8, 4) is 0 Å². The van der Waals surface area contributed by atoms with E-state index in [9.17, 15) is 9.59 Å². The molecule has 0 spiro atoms. The van der Waals surface area contributed by atoms with Gasteiger partial charge in [0, 0.05) is 51.2 Å². The molecule has 2 aliphatic heterocycles. The van der Waals surface area contributed by atoms with Crippen LogP contribution in [0.25, 0.3) is 0 Å². The van der Waals surface area contributed by atoms with Crippen molar-refractivity contribution >= 4 is 11.8 Å². The van der Waals surface area contributed by atoms with Crippen LogP contribution in [0.15, 0.2) is 0 Å². The third-order valence-electron chi connectivity index (χ3n) is 5.60. The van der Waals surface area contributed by atoms with Crippen molar-refractivity contribution in [2.24, 2.45) is 5.92 Å². The first-order valence-electron chi connectivity index (χ1n) is 9.19. The molecule has 0 bridgehead atoms. The number of rotatable bonds is 4. The largest absolute Gasteiger partial charge is 0.344 e. The normalized spacial score (nSPS) is 28.0. The summed E-state index contributed by atoms with van der Waals surface area (Å²) in [6, 6.07) is 0.0867. The Morgan fingerprint density at radius 3 is 2.48 bits per heavy atom. The van der Waals surface area contributed by atoms with E-state index in [4.69, 9.17) is 0 Å². The molecule has 0 aromatic rings. The van der Waals surface area contributed by atoms with Crippen molar-refractivity contribution in [1.82, 2.24) is 20.4 Å². The molecule has 2 atom stereocenters. The first kappa shape index (κ1) is 16.7. The van der Waals surface area contributed by atoms with Gasteiger partial charge in [0.2, 0.25) is 11.8 Å². The van der Waals surface area contributed by atoms with Gasteiger partial charge in [-0.1, -0.05) is 12.8 Å². The summed E-state index contributed by atoms with van der Waals surface area (Å²) in [6.45, 7) is 7.67. The maximum Gasteiger partial charge on any atom is 0.244 e. The first-order chi connectivity index (χ1) is 11.1. The van der Waals surface area contributed by atoms with Crippen molar-refractivity contribution < 1.29 is 9.59 Å². The van der Waals surface area contributed by atoms with Gasteiger partial charge in [0.15, 0.2) is 0 Å². The fraction of sp³-hybridized carbons (Fsp3) is 0.882. The van der Waals surface area contributed by atoms with Gasteiger partial charge in [0.05, 0.1) is 0 Å². The standard InChI is InChI=1S/C17H30N4O2/c1-13(19-16(22)14-4-2-3-5-14)17(23)21-9-6-15(12-21)20-10-7-18-8-11-20/h13-15,18H,2-12H2,1H3,(H,19,22). The highest BCUT2D eigenvalue weighted by atomic mass is 16.2. The second kappa shape index (κ2) is 7.62. The summed E-state index contributed by atoms with van der Waals surface area (Å²) < 4.78 is 0. The number of hydrogen-bond donors (Lipinski definition) is 2. The lowest BCUT2D eigenvalue weighted by atomic mass is 10.1. The van der Waals surface area contributed by atoms with Gasteiger partial charge in [-0.3, -0.25) is 14.5 Å². The molecule has 1 aliphatic carbocycles. The number of hydrogen-bond acceptors (Lipinski definition) is 4. The molecule has 3 aliphatic rings. The summed E-state index contributed by atoms with van der Waals surface area (Å²) in [4.78, 5) is 29.2. The van der Waals surface area contributed by atoms with E-state index in [0.29, 0.717) is 6.04 Å². The van der Waals surface area contributed by atoms with Gasteiger partial charge >= 0.3 is 0 Å². The quantitative estimate of drug-likeness (QED) is 0.775. The molecule has 2 saturated heterocycles. The molecule has 3 fully saturated rings. The van der Waals surface area contributed by atoms with Gasteiger partial charge in [-0.2, -0.15) is 0 Å². The Labute approximate surface area is 139 Å². The molecule has 3 rings (SSSR count). The maximum absolute atomic E-state index is 12.6. The van der Waals surface area contributed by atoms with E-state index < -0.39 is 6.04 Å². The van der Waals surface area contributed by atoms with E-state index in [1.165, 1.54) is 0 Å². The molecule has 2 heterocycles. The molecule has 130 valence electrons. The minimum atomic E-state index is -0.398. The number of carbonyl (C=O) groups is 2. The average molecular weight is 322 g/mol. The van der Waals surface area contributed by atoms with Crippen LogP contribution in [0.4, 0.5) is 0 Å². The second-order valence-electron chi connectivity index (χ2n) is 7.22. The minimum Gasteiger partial charge on any atom is -0.344 e. The van der Waals surface area contributed by atoms with Gasteiger partial charge in [-0.15, -0.1) is 0 Å². The summed E-state index contributed by atoms with van der Waals surface area (Å²) >= 11 is 0. The van der Waals surface area contributed by atoms with Crippen molar-refractivity contribution in [2.45, 2.75) is 51.1 Å². The number of amides is 2. The van der Waals surface area contributed by atoms with Crippen LogP contribution >= 0.6 is 0 Å². The molecule has 6 heteroatoms. The summed E-state index contributed by atoms with van der Waals surface area (Å²) in [6.07, 6.45) is 5.27. The lowest BCUT2D eigenvalue weighted by molar-refractivity contribution is -0.136. The van der Waals surface area contributed by atoms with Crippen LogP contribution in [0.2, 0.25) is 0 Å². The lowest BCUT2D eigenvalue weighted by Crippen LogP contribution is -2.51. The molecule has 2 unspecified atom stereocenters. The van der Waals surface area contributed by atoms with E-state index in [2.05, 4.69) is 15.5 Å². The van der Waals surface area contributed by atoms with Crippen molar-refractivity contribution in [3.05, 3.63) is 0 Å². The van der Waals surface area contributed by atoms with Gasteiger partial charge < -0.3 is 15.5 Å². The monoisotopic (exact) mass is 322 g/mol. The van der Waals surface area contributed by atoms with Crippen LogP contribution < -0.4 is 10.6 Å². The molecule has 1 saturated carbocycles. The second-order valence-corrected chi connectivity index (χ2v) is 7.22. The predicted octanol–water partition coefficient (Wildman–Crippen LogP) is 0.187. The molecule has 2 amide bonds. The van der Waals surface area contributed by atoms with E-state index in [1.54, 1.807) is 0 Å². The number of nitrogens with one attached hydrogen (secondary N) is 2. The summed E-state index contributed by atoms with van der Waals surface area (Å²) in [5.74, 6) is 0.271. The van der Waals surface area contributed by atoms with Crippen LogP contribution in [0, 0.1) is 5.92 Å². The smallest absolute Gasteiger partial charge is 0.244 e. The molecule has 23 heavy (non-hydrogen) atoms. The molecular weight excluding hydrogens is 292 g/mol.